The van der Waals surface area contributed by atoms with Crippen LogP contribution in [0, 0.1) is 24.1 Å². The first kappa shape index (κ1) is 31.0. The molecule has 1 saturated heterocycles. The van der Waals surface area contributed by atoms with E-state index < -0.39 is 17.5 Å². The number of methoxy groups -OCH3 is 1. The molecule has 1 aliphatic rings. The zero-order valence-corrected chi connectivity index (χ0v) is 25.7. The average molecular weight is 610 g/mol. The van der Waals surface area contributed by atoms with Crippen molar-refractivity contribution in [2.45, 2.75) is 39.7 Å². The maximum Gasteiger partial charge on any atom is 0.355 e. The standard InChI is InChI=1S/C33H32FN7O4/c1-7-26(42)39-12-13-40(20(5)17-39)30-24-15-22(16-35)28(23-14-21(32(43)45-6)8-9-25(23)34)37-31(24)41(33(44)38-30)29-19(4)10-11-36-27(29)18(2)3/h7-11,14-15,18,20H,1,12-13,17H2,2-6H3/t20-/m0/s1. The Balaban J connectivity index is 1.86. The number of anilines is 1. The SMILES string of the molecule is C=CC(=O)N1CCN(c2nc(=O)n(-c3c(C)ccnc3C(C)C)c3nc(-c4cc(C(=O)OC)ccc4F)c(C#N)cc23)[C@@H](C)C1. The molecule has 0 radical (unpaired) electrons. The molecule has 3 aromatic heterocycles. The van der Waals surface area contributed by atoms with Gasteiger partial charge in [0, 0.05) is 37.4 Å². The van der Waals surface area contributed by atoms with Crippen LogP contribution in [-0.4, -0.2) is 69.1 Å². The Morgan fingerprint density at radius 1 is 1.20 bits per heavy atom. The number of aromatic nitrogens is 4. The van der Waals surface area contributed by atoms with Crippen LogP contribution in [0.1, 0.15) is 53.9 Å². The lowest BCUT2D eigenvalue weighted by Gasteiger charge is -2.40. The van der Waals surface area contributed by atoms with Crippen molar-refractivity contribution in [3.05, 3.63) is 87.9 Å². The summed E-state index contributed by atoms with van der Waals surface area (Å²) in [6.07, 6.45) is 2.92. The number of hydrogen-bond donors (Lipinski definition) is 0. The fourth-order valence-corrected chi connectivity index (χ4v) is 5.68. The lowest BCUT2D eigenvalue weighted by atomic mass is 10.0. The fraction of sp³-hybridized carbons (Fsp3) is 0.303. The van der Waals surface area contributed by atoms with Gasteiger partial charge >= 0.3 is 11.7 Å². The second kappa shape index (κ2) is 12.3. The van der Waals surface area contributed by atoms with Gasteiger partial charge in [0.1, 0.15) is 17.7 Å². The zero-order chi connectivity index (χ0) is 32.6. The molecule has 230 valence electrons. The van der Waals surface area contributed by atoms with Crippen LogP contribution >= 0.6 is 0 Å². The summed E-state index contributed by atoms with van der Waals surface area (Å²) in [6, 6.07) is 8.82. The number of esters is 1. The molecule has 0 spiro atoms. The third-order valence-electron chi connectivity index (χ3n) is 7.92. The first-order chi connectivity index (χ1) is 21.5. The van der Waals surface area contributed by atoms with Gasteiger partial charge in [-0.25, -0.2) is 23.5 Å². The first-order valence-electron chi connectivity index (χ1n) is 14.4. The van der Waals surface area contributed by atoms with Crippen molar-refractivity contribution in [3.8, 4) is 23.0 Å². The van der Waals surface area contributed by atoms with E-state index in [0.717, 1.165) is 11.6 Å². The summed E-state index contributed by atoms with van der Waals surface area (Å²) in [5.74, 6) is -1.39. The normalized spacial score (nSPS) is 14.8. The van der Waals surface area contributed by atoms with Crippen LogP contribution in [0.25, 0.3) is 28.0 Å². The van der Waals surface area contributed by atoms with Crippen LogP contribution in [0.4, 0.5) is 10.2 Å². The predicted octanol–water partition coefficient (Wildman–Crippen LogP) is 4.30. The van der Waals surface area contributed by atoms with Crippen molar-refractivity contribution in [1.29, 1.82) is 5.26 Å². The summed E-state index contributed by atoms with van der Waals surface area (Å²) in [7, 11) is 1.21. The number of hydrogen-bond acceptors (Lipinski definition) is 9. The molecule has 0 saturated carbocycles. The minimum absolute atomic E-state index is 0.0109. The molecule has 0 aliphatic carbocycles. The second-order valence-electron chi connectivity index (χ2n) is 11.2. The maximum absolute atomic E-state index is 15.4. The zero-order valence-electron chi connectivity index (χ0n) is 25.7. The molecule has 4 heterocycles. The van der Waals surface area contributed by atoms with Crippen LogP contribution in [0.2, 0.25) is 0 Å². The highest BCUT2D eigenvalue weighted by Crippen LogP contribution is 2.34. The Hall–Kier alpha value is -5.44. The highest BCUT2D eigenvalue weighted by atomic mass is 19.1. The smallest absolute Gasteiger partial charge is 0.355 e. The minimum atomic E-state index is -0.716. The molecule has 1 fully saturated rings. The van der Waals surface area contributed by atoms with Crippen LogP contribution in [0.15, 0.2) is 54.0 Å². The molecular weight excluding hydrogens is 577 g/mol. The van der Waals surface area contributed by atoms with Crippen molar-refractivity contribution in [2.24, 2.45) is 0 Å². The van der Waals surface area contributed by atoms with Crippen molar-refractivity contribution in [3.63, 3.8) is 0 Å². The number of nitriles is 1. The molecule has 45 heavy (non-hydrogen) atoms. The third kappa shape index (κ3) is 5.53. The molecule has 0 unspecified atom stereocenters. The summed E-state index contributed by atoms with van der Waals surface area (Å²) < 4.78 is 21.6. The maximum atomic E-state index is 15.4. The van der Waals surface area contributed by atoms with Gasteiger partial charge in [-0.2, -0.15) is 10.2 Å². The second-order valence-corrected chi connectivity index (χ2v) is 11.2. The Morgan fingerprint density at radius 3 is 2.60 bits per heavy atom. The molecule has 12 heteroatoms. The van der Waals surface area contributed by atoms with Crippen molar-refractivity contribution < 1.29 is 18.7 Å². The van der Waals surface area contributed by atoms with Gasteiger partial charge in [0.25, 0.3) is 0 Å². The van der Waals surface area contributed by atoms with Gasteiger partial charge in [-0.05, 0) is 61.7 Å². The minimum Gasteiger partial charge on any atom is -0.465 e. The number of carbonyl (C=O) groups is 2. The van der Waals surface area contributed by atoms with Gasteiger partial charge in [0.15, 0.2) is 5.65 Å². The summed E-state index contributed by atoms with van der Waals surface area (Å²) in [5.41, 5.74) is 1.27. The molecule has 1 aromatic carbocycles. The van der Waals surface area contributed by atoms with Crippen molar-refractivity contribution >= 4 is 28.7 Å². The molecule has 1 amide bonds. The molecule has 4 aromatic rings. The number of fused-ring (bicyclic) bond motifs is 1. The van der Waals surface area contributed by atoms with Crippen LogP contribution in [0.5, 0.6) is 0 Å². The van der Waals surface area contributed by atoms with Crippen LogP contribution in [0.3, 0.4) is 0 Å². The van der Waals surface area contributed by atoms with E-state index in [2.05, 4.69) is 22.6 Å². The molecule has 0 bridgehead atoms. The average Bonchev–Trinajstić information content (AvgIpc) is 3.03. The Bertz CT molecular complexity index is 1960. The Kier molecular flexibility index (Phi) is 8.46. The first-order valence-corrected chi connectivity index (χ1v) is 14.4. The van der Waals surface area contributed by atoms with E-state index >= 15 is 4.39 Å². The van der Waals surface area contributed by atoms with E-state index in [1.54, 1.807) is 17.2 Å². The van der Waals surface area contributed by atoms with E-state index in [1.165, 1.54) is 36.0 Å². The van der Waals surface area contributed by atoms with Gasteiger partial charge in [0.05, 0.1) is 40.7 Å². The molecule has 1 atom stereocenters. The molecule has 11 nitrogen and oxygen atoms in total. The Morgan fingerprint density at radius 2 is 1.96 bits per heavy atom. The van der Waals surface area contributed by atoms with E-state index in [1.807, 2.05) is 32.6 Å². The van der Waals surface area contributed by atoms with Gasteiger partial charge < -0.3 is 14.5 Å². The van der Waals surface area contributed by atoms with Gasteiger partial charge in [-0.3, -0.25) is 9.78 Å². The number of pyridine rings is 2. The van der Waals surface area contributed by atoms with Gasteiger partial charge in [0.2, 0.25) is 5.91 Å². The largest absolute Gasteiger partial charge is 0.465 e. The van der Waals surface area contributed by atoms with E-state index in [4.69, 9.17) is 9.72 Å². The van der Waals surface area contributed by atoms with E-state index in [-0.39, 0.29) is 51.7 Å². The molecular formula is C33H32FN7O4. The number of rotatable bonds is 6. The lowest BCUT2D eigenvalue weighted by Crippen LogP contribution is -2.54. The van der Waals surface area contributed by atoms with Crippen LogP contribution in [-0.2, 0) is 9.53 Å². The number of ether oxygens (including phenoxy) is 1. The number of amides is 1. The summed E-state index contributed by atoms with van der Waals surface area (Å²) >= 11 is 0. The predicted molar refractivity (Wildman–Crippen MR) is 167 cm³/mol. The molecule has 1 aliphatic heterocycles. The highest BCUT2D eigenvalue weighted by molar-refractivity contribution is 5.94. The fourth-order valence-electron chi connectivity index (χ4n) is 5.68. The van der Waals surface area contributed by atoms with Gasteiger partial charge in [-0.15, -0.1) is 0 Å². The number of halogens is 1. The number of aryl methyl sites for hydroxylation is 1. The number of carbonyl (C=O) groups excluding carboxylic acids is 2. The van der Waals surface area contributed by atoms with E-state index in [0.29, 0.717) is 36.4 Å². The quantitative estimate of drug-likeness (QED) is 0.232. The van der Waals surface area contributed by atoms with Crippen LogP contribution < -0.4 is 10.6 Å². The number of benzene rings is 1. The van der Waals surface area contributed by atoms with Crippen molar-refractivity contribution in [1.82, 2.24) is 24.4 Å². The molecule has 5 rings (SSSR count). The monoisotopic (exact) mass is 609 g/mol. The molecule has 0 N–H and O–H groups in total. The number of nitrogens with zero attached hydrogens (tertiary/aromatic N) is 7. The highest BCUT2D eigenvalue weighted by Gasteiger charge is 2.31. The topological polar surface area (TPSA) is 134 Å². The summed E-state index contributed by atoms with van der Waals surface area (Å²) in [5, 5.41) is 10.6. The summed E-state index contributed by atoms with van der Waals surface area (Å²) in [6.45, 7) is 12.3. The van der Waals surface area contributed by atoms with Crippen molar-refractivity contribution in [2.75, 3.05) is 31.6 Å². The number of piperazine rings is 1. The Labute approximate surface area is 259 Å². The lowest BCUT2D eigenvalue weighted by molar-refractivity contribution is -0.126. The third-order valence-corrected chi connectivity index (χ3v) is 7.92. The summed E-state index contributed by atoms with van der Waals surface area (Å²) in [4.78, 5) is 56.2. The van der Waals surface area contributed by atoms with E-state index in [9.17, 15) is 19.6 Å². The van der Waals surface area contributed by atoms with Gasteiger partial charge in [-0.1, -0.05) is 20.4 Å².